The molecule has 0 unspecified atom stereocenters. The van der Waals surface area contributed by atoms with E-state index in [1.165, 1.54) is 4.68 Å². The summed E-state index contributed by atoms with van der Waals surface area (Å²) in [6.45, 7) is 5.22. The first-order chi connectivity index (χ1) is 10.0. The number of nitrogens with zero attached hydrogens (tertiary/aromatic N) is 1. The van der Waals surface area contributed by atoms with Crippen LogP contribution < -0.4 is 22.0 Å². The summed E-state index contributed by atoms with van der Waals surface area (Å²) < 4.78 is 32.1. The summed E-state index contributed by atoms with van der Waals surface area (Å²) in [6.07, 6.45) is 1.63. The molecule has 8 heteroatoms. The molecule has 7 N–H and O–H groups in total. The predicted molar refractivity (Wildman–Crippen MR) is 86.1 cm³/mol. The Morgan fingerprint density at radius 3 is 1.95 bits per heavy atom. The molecular formula is C14H21N4O3S+. The van der Waals surface area contributed by atoms with Crippen LogP contribution in [0.5, 0.6) is 0 Å². The van der Waals surface area contributed by atoms with Crippen molar-refractivity contribution in [2.24, 2.45) is 0 Å². The normalized spacial score (nSPS) is 10.7. The van der Waals surface area contributed by atoms with E-state index < -0.39 is 10.1 Å². The van der Waals surface area contributed by atoms with Gasteiger partial charge in [-0.2, -0.15) is 8.42 Å². The Labute approximate surface area is 130 Å². The number of aromatic nitrogens is 1. The Bertz CT molecular complexity index is 745. The van der Waals surface area contributed by atoms with Crippen molar-refractivity contribution >= 4 is 21.6 Å². The second kappa shape index (κ2) is 6.63. The van der Waals surface area contributed by atoms with Gasteiger partial charge in [0, 0.05) is 0 Å². The fourth-order valence-corrected chi connectivity index (χ4v) is 3.06. The zero-order valence-electron chi connectivity index (χ0n) is 12.7. The lowest BCUT2D eigenvalue weighted by Crippen LogP contribution is -2.46. The van der Waals surface area contributed by atoms with Gasteiger partial charge in [0.05, 0.1) is 4.90 Å². The highest BCUT2D eigenvalue weighted by Crippen LogP contribution is 2.20. The maximum absolute atomic E-state index is 10.9. The molecule has 1 aromatic heterocycles. The molecular weight excluding hydrogens is 304 g/mol. The highest BCUT2D eigenvalue weighted by molar-refractivity contribution is 7.86. The van der Waals surface area contributed by atoms with Gasteiger partial charge in [-0.05, 0) is 44.0 Å². The number of hydrogen-bond donors (Lipinski definition) is 4. The quantitative estimate of drug-likeness (QED) is 0.346. The number of aryl methyl sites for hydroxylation is 3. The van der Waals surface area contributed by atoms with Crippen LogP contribution in [0.3, 0.4) is 0 Å². The summed E-state index contributed by atoms with van der Waals surface area (Å²) in [6, 6.07) is 6.89. The molecule has 1 aromatic carbocycles. The van der Waals surface area contributed by atoms with Crippen LogP contribution in [0.25, 0.3) is 0 Å². The first-order valence-electron chi connectivity index (χ1n) is 6.40. The van der Waals surface area contributed by atoms with Gasteiger partial charge < -0.3 is 5.73 Å². The Kier molecular flexibility index (Phi) is 5.34. The molecule has 7 nitrogen and oxygen atoms in total. The third kappa shape index (κ3) is 4.34. The Morgan fingerprint density at radius 1 is 1.09 bits per heavy atom. The van der Waals surface area contributed by atoms with Crippen molar-refractivity contribution in [2.45, 2.75) is 25.7 Å². The molecule has 120 valence electrons. The van der Waals surface area contributed by atoms with Gasteiger partial charge in [0.1, 0.15) is 11.9 Å². The van der Waals surface area contributed by atoms with Crippen LogP contribution in [0.2, 0.25) is 0 Å². The first kappa shape index (κ1) is 17.7. The monoisotopic (exact) mass is 325 g/mol. The van der Waals surface area contributed by atoms with Crippen molar-refractivity contribution < 1.29 is 17.6 Å². The van der Waals surface area contributed by atoms with Gasteiger partial charge in [-0.15, -0.1) is 4.68 Å². The molecule has 0 radical (unpaired) electrons. The third-order valence-corrected chi connectivity index (χ3v) is 4.12. The minimum atomic E-state index is -4.08. The van der Waals surface area contributed by atoms with Gasteiger partial charge in [-0.25, -0.2) is 0 Å². The molecule has 0 spiro atoms. The van der Waals surface area contributed by atoms with E-state index >= 15 is 0 Å². The number of anilines is 2. The summed E-state index contributed by atoms with van der Waals surface area (Å²) >= 11 is 0. The molecule has 0 bridgehead atoms. The third-order valence-electron chi connectivity index (χ3n) is 2.96. The van der Waals surface area contributed by atoms with E-state index in [9.17, 15) is 8.42 Å². The van der Waals surface area contributed by atoms with Crippen molar-refractivity contribution in [1.29, 1.82) is 0 Å². The van der Waals surface area contributed by atoms with Gasteiger partial charge in [0.2, 0.25) is 0 Å². The Hall–Kier alpha value is -2.32. The van der Waals surface area contributed by atoms with Crippen LogP contribution in [0.4, 0.5) is 11.5 Å². The number of hydrogen-bond acceptors (Lipinski definition) is 5. The van der Waals surface area contributed by atoms with E-state index in [-0.39, 0.29) is 4.90 Å². The molecule has 0 saturated heterocycles. The summed E-state index contributed by atoms with van der Waals surface area (Å²) in [5, 5.41) is 0. The number of pyridine rings is 1. The van der Waals surface area contributed by atoms with Crippen LogP contribution in [0, 0.1) is 20.8 Å². The maximum Gasteiger partial charge on any atom is 0.318 e. The van der Waals surface area contributed by atoms with Crippen molar-refractivity contribution in [1.82, 2.24) is 0 Å². The lowest BCUT2D eigenvalue weighted by atomic mass is 10.1. The highest BCUT2D eigenvalue weighted by Gasteiger charge is 2.15. The molecule has 22 heavy (non-hydrogen) atoms. The van der Waals surface area contributed by atoms with Crippen molar-refractivity contribution in [3.05, 3.63) is 47.2 Å². The summed E-state index contributed by atoms with van der Waals surface area (Å²) in [5.41, 5.74) is 13.4. The fourth-order valence-electron chi connectivity index (χ4n) is 2.13. The van der Waals surface area contributed by atoms with Gasteiger partial charge in [0.15, 0.2) is 0 Å². The smallest absolute Gasteiger partial charge is 0.318 e. The molecule has 0 fully saturated rings. The second-order valence-electron chi connectivity index (χ2n) is 4.96. The van der Waals surface area contributed by atoms with Crippen molar-refractivity contribution in [3.8, 4) is 0 Å². The SMILES string of the molecule is Cc1cc(C)c(S(=O)(=O)O)c(C)c1.Nc1ccc[n+](N)c1N. The summed E-state index contributed by atoms with van der Waals surface area (Å²) in [5.74, 6) is 5.72. The maximum atomic E-state index is 10.9. The average molecular weight is 325 g/mol. The number of rotatable bonds is 1. The lowest BCUT2D eigenvalue weighted by Gasteiger charge is -2.07. The van der Waals surface area contributed by atoms with E-state index in [0.717, 1.165) is 5.56 Å². The van der Waals surface area contributed by atoms with Gasteiger partial charge >= 0.3 is 5.82 Å². The molecule has 0 aliphatic rings. The van der Waals surface area contributed by atoms with E-state index in [4.69, 9.17) is 21.9 Å². The highest BCUT2D eigenvalue weighted by atomic mass is 32.2. The van der Waals surface area contributed by atoms with Crippen molar-refractivity contribution in [3.63, 3.8) is 0 Å². The first-order valence-corrected chi connectivity index (χ1v) is 7.84. The predicted octanol–water partition coefficient (Wildman–Crippen LogP) is 0.711. The van der Waals surface area contributed by atoms with Gasteiger partial charge in [-0.3, -0.25) is 16.1 Å². The molecule has 0 aliphatic carbocycles. The largest absolute Gasteiger partial charge is 0.392 e. The standard InChI is InChI=1S/C9H12O3S.C5H8N4/c1-6-4-7(2)9(8(3)5-6)13(10,11)12;6-4-2-1-3-9(8)5(4)7/h4-5H,1-3H3,(H,10,11,12);1-3,7H,6,8H2/p+1. The Morgan fingerprint density at radius 2 is 1.59 bits per heavy atom. The minimum absolute atomic E-state index is 0.0260. The zero-order valence-corrected chi connectivity index (χ0v) is 13.6. The molecule has 0 atom stereocenters. The second-order valence-corrected chi connectivity index (χ2v) is 6.32. The van der Waals surface area contributed by atoms with Gasteiger partial charge in [0.25, 0.3) is 10.1 Å². The lowest BCUT2D eigenvalue weighted by molar-refractivity contribution is -0.623. The van der Waals surface area contributed by atoms with Crippen LogP contribution in [0.15, 0.2) is 35.4 Å². The summed E-state index contributed by atoms with van der Waals surface area (Å²) in [7, 11) is -4.08. The van der Waals surface area contributed by atoms with Crippen LogP contribution in [-0.2, 0) is 10.1 Å². The number of benzene rings is 1. The van der Waals surface area contributed by atoms with Crippen LogP contribution in [0.1, 0.15) is 16.7 Å². The zero-order chi connectivity index (χ0) is 17.1. The van der Waals surface area contributed by atoms with Gasteiger partial charge in [-0.1, -0.05) is 17.7 Å². The summed E-state index contributed by atoms with van der Waals surface area (Å²) in [4.78, 5) is 0.0260. The minimum Gasteiger partial charge on any atom is -0.392 e. The number of nitrogens with two attached hydrogens (primary N) is 3. The molecule has 1 heterocycles. The van der Waals surface area contributed by atoms with E-state index in [1.807, 2.05) is 6.92 Å². The fraction of sp³-hybridized carbons (Fsp3) is 0.214. The van der Waals surface area contributed by atoms with Crippen molar-refractivity contribution in [2.75, 3.05) is 17.3 Å². The topological polar surface area (TPSA) is 136 Å². The molecule has 0 saturated carbocycles. The molecule has 2 aromatic rings. The van der Waals surface area contributed by atoms with E-state index in [2.05, 4.69) is 0 Å². The Balaban J connectivity index is 0.000000235. The van der Waals surface area contributed by atoms with Crippen LogP contribution in [-0.4, -0.2) is 13.0 Å². The molecule has 0 aliphatic heterocycles. The van der Waals surface area contributed by atoms with Crippen LogP contribution >= 0.6 is 0 Å². The molecule has 0 amide bonds. The van der Waals surface area contributed by atoms with E-state index in [1.54, 1.807) is 44.3 Å². The molecule has 2 rings (SSSR count). The number of nitrogen functional groups attached to an aromatic ring is 3. The van der Waals surface area contributed by atoms with E-state index in [0.29, 0.717) is 22.6 Å². The average Bonchev–Trinajstić information content (AvgIpc) is 2.33.